The van der Waals surface area contributed by atoms with Crippen molar-refractivity contribution in [3.63, 3.8) is 0 Å². The fourth-order valence-corrected chi connectivity index (χ4v) is 6.90. The molecule has 0 spiro atoms. The summed E-state index contributed by atoms with van der Waals surface area (Å²) >= 11 is 0. The Hall–Kier alpha value is -6.43. The van der Waals surface area contributed by atoms with Crippen LogP contribution in [-0.2, 0) is 45.0 Å². The number of amides is 4. The molecule has 4 amide bonds. The Morgan fingerprint density at radius 3 is 2.31 bits per heavy atom. The number of nitrogens with one attached hydrogen (secondary N) is 3. The lowest BCUT2D eigenvalue weighted by atomic mass is 9.92. The number of hydrogen-bond acceptors (Lipinski definition) is 7. The van der Waals surface area contributed by atoms with Gasteiger partial charge in [0.1, 0.15) is 24.4 Å². The van der Waals surface area contributed by atoms with Crippen molar-refractivity contribution in [2.75, 3.05) is 6.54 Å². The third-order valence-corrected chi connectivity index (χ3v) is 9.67. The number of primary amides is 1. The number of para-hydroxylation sites is 1. The predicted octanol–water partition coefficient (Wildman–Crippen LogP) is 4.73. The summed E-state index contributed by atoms with van der Waals surface area (Å²) in [6, 6.07) is 27.0. The quantitative estimate of drug-likeness (QED) is 0.0965. The molecule has 0 bridgehead atoms. The molecule has 12 heteroatoms. The van der Waals surface area contributed by atoms with Gasteiger partial charge in [0.15, 0.2) is 5.78 Å². The van der Waals surface area contributed by atoms with E-state index in [1.54, 1.807) is 36.4 Å². The van der Waals surface area contributed by atoms with Crippen LogP contribution in [0.1, 0.15) is 51.9 Å². The molecule has 6 N–H and O–H groups in total. The number of rotatable bonds is 15. The number of carbonyl (C=O) groups is 5. The van der Waals surface area contributed by atoms with Crippen LogP contribution in [0.15, 0.2) is 109 Å². The summed E-state index contributed by atoms with van der Waals surface area (Å²) in [6.45, 7) is 0.264. The molecular weight excluding hydrogens is 686 g/mol. The lowest BCUT2D eigenvalue weighted by molar-refractivity contribution is -0.140. The highest BCUT2D eigenvalue weighted by Gasteiger charge is 2.39. The minimum Gasteiger partial charge on any atom is -0.508 e. The Morgan fingerprint density at radius 2 is 1.54 bits per heavy atom. The van der Waals surface area contributed by atoms with Crippen LogP contribution in [0.2, 0.25) is 0 Å². The number of likely N-dealkylation sites (tertiary alicyclic amines) is 1. The summed E-state index contributed by atoms with van der Waals surface area (Å²) in [4.78, 5) is 72.2. The first-order valence-corrected chi connectivity index (χ1v) is 18.0. The third kappa shape index (κ3) is 9.32. The standard InChI is InChI=1S/C42H43N5O7/c43-38(49)21-18-29-11-4-5-13-33(29)39(50)35(24-30-25-44-34-14-7-6-12-32(30)34)45-40(51)37-15-8-22-47(37)41(52)36(23-27-16-19-31(48)20-17-27)46-42(53)54-26-28-9-2-1-3-10-28/h1-7,9-14,16-17,19-20,25,35-37,44,48H,8,15,18,21-24,26H2,(H2,43,49)(H,45,51)(H,46,53)/t35-,36-,37-/m0/s1. The number of nitrogens with two attached hydrogens (primary N) is 1. The molecule has 1 aliphatic rings. The van der Waals surface area contributed by atoms with Crippen LogP contribution in [-0.4, -0.2) is 69.3 Å². The predicted molar refractivity (Wildman–Crippen MR) is 202 cm³/mol. The molecule has 0 aliphatic carbocycles. The Bertz CT molecular complexity index is 2110. The molecule has 278 valence electrons. The molecule has 12 nitrogen and oxygen atoms in total. The summed E-state index contributed by atoms with van der Waals surface area (Å²) < 4.78 is 5.44. The maximum absolute atomic E-state index is 14.4. The van der Waals surface area contributed by atoms with Gasteiger partial charge in [-0.05, 0) is 59.7 Å². The van der Waals surface area contributed by atoms with Gasteiger partial charge in [-0.1, -0.05) is 84.9 Å². The number of fused-ring (bicyclic) bond motifs is 1. The first-order chi connectivity index (χ1) is 26.2. The van der Waals surface area contributed by atoms with Gasteiger partial charge < -0.3 is 36.1 Å². The minimum absolute atomic E-state index is 0.000949. The molecule has 4 aromatic carbocycles. The lowest BCUT2D eigenvalue weighted by Crippen LogP contribution is -2.56. The lowest BCUT2D eigenvalue weighted by Gasteiger charge is -2.30. The number of carbonyl (C=O) groups excluding carboxylic acids is 5. The van der Waals surface area contributed by atoms with Crippen molar-refractivity contribution in [1.82, 2.24) is 20.5 Å². The van der Waals surface area contributed by atoms with Gasteiger partial charge in [0.2, 0.25) is 17.7 Å². The number of aromatic hydroxyl groups is 1. The first kappa shape index (κ1) is 37.3. The number of H-pyrrole nitrogens is 1. The number of ketones is 1. The number of aromatic amines is 1. The van der Waals surface area contributed by atoms with Gasteiger partial charge >= 0.3 is 6.09 Å². The highest BCUT2D eigenvalue weighted by molar-refractivity contribution is 6.04. The van der Waals surface area contributed by atoms with E-state index in [0.29, 0.717) is 29.5 Å². The van der Waals surface area contributed by atoms with Crippen molar-refractivity contribution in [3.05, 3.63) is 137 Å². The van der Waals surface area contributed by atoms with E-state index in [1.165, 1.54) is 17.0 Å². The average Bonchev–Trinajstić information content (AvgIpc) is 3.85. The van der Waals surface area contributed by atoms with E-state index >= 15 is 0 Å². The highest BCUT2D eigenvalue weighted by atomic mass is 16.5. The van der Waals surface area contributed by atoms with E-state index < -0.39 is 41.9 Å². The molecule has 2 heterocycles. The Labute approximate surface area is 312 Å². The largest absolute Gasteiger partial charge is 0.508 e. The molecule has 0 radical (unpaired) electrons. The monoisotopic (exact) mass is 729 g/mol. The molecule has 1 fully saturated rings. The smallest absolute Gasteiger partial charge is 0.408 e. The van der Waals surface area contributed by atoms with Crippen molar-refractivity contribution >= 4 is 40.5 Å². The number of nitrogens with zero attached hydrogens (tertiary/aromatic N) is 1. The normalized spacial score (nSPS) is 15.0. The highest BCUT2D eigenvalue weighted by Crippen LogP contribution is 2.24. The van der Waals surface area contributed by atoms with Gasteiger partial charge in [0.05, 0.1) is 6.04 Å². The molecule has 0 saturated carbocycles. The molecule has 54 heavy (non-hydrogen) atoms. The number of alkyl carbamates (subject to hydrolysis) is 1. The maximum Gasteiger partial charge on any atom is 0.408 e. The van der Waals surface area contributed by atoms with Crippen LogP contribution in [0.3, 0.4) is 0 Å². The van der Waals surface area contributed by atoms with E-state index in [4.69, 9.17) is 10.5 Å². The van der Waals surface area contributed by atoms with E-state index in [1.807, 2.05) is 60.8 Å². The summed E-state index contributed by atoms with van der Waals surface area (Å²) in [5, 5.41) is 16.4. The van der Waals surface area contributed by atoms with Crippen LogP contribution >= 0.6 is 0 Å². The van der Waals surface area contributed by atoms with Gasteiger partial charge in [0.25, 0.3) is 0 Å². The number of aryl methyl sites for hydroxylation is 1. The number of hydrogen-bond donors (Lipinski definition) is 5. The van der Waals surface area contributed by atoms with Crippen molar-refractivity contribution in [2.45, 2.75) is 63.3 Å². The molecule has 1 saturated heterocycles. The topological polar surface area (TPSA) is 184 Å². The van der Waals surface area contributed by atoms with Crippen molar-refractivity contribution in [3.8, 4) is 5.75 Å². The van der Waals surface area contributed by atoms with Gasteiger partial charge in [-0.25, -0.2) is 4.79 Å². The minimum atomic E-state index is -1.09. The summed E-state index contributed by atoms with van der Waals surface area (Å²) in [6.07, 6.45) is 2.47. The second-order valence-corrected chi connectivity index (χ2v) is 13.4. The van der Waals surface area contributed by atoms with E-state index in [9.17, 15) is 29.1 Å². The molecule has 1 aromatic heterocycles. The second-order valence-electron chi connectivity index (χ2n) is 13.4. The fraction of sp³-hybridized carbons (Fsp3) is 0.262. The van der Waals surface area contributed by atoms with Crippen molar-refractivity contribution in [1.29, 1.82) is 0 Å². The van der Waals surface area contributed by atoms with Gasteiger partial charge in [-0.3, -0.25) is 19.2 Å². The Kier molecular flexibility index (Phi) is 12.0. The third-order valence-electron chi connectivity index (χ3n) is 9.67. The number of phenols is 1. The van der Waals surface area contributed by atoms with E-state index in [2.05, 4.69) is 15.6 Å². The number of Topliss-reactive ketones (excluding diaryl/α,β-unsaturated/α-hetero) is 1. The van der Waals surface area contributed by atoms with Crippen LogP contribution in [0.25, 0.3) is 10.9 Å². The molecule has 3 atom stereocenters. The van der Waals surface area contributed by atoms with E-state index in [0.717, 1.165) is 22.0 Å². The molecule has 5 aromatic rings. The first-order valence-electron chi connectivity index (χ1n) is 18.0. The molecule has 0 unspecified atom stereocenters. The molecular formula is C42H43N5O7. The van der Waals surface area contributed by atoms with E-state index in [-0.39, 0.29) is 50.4 Å². The summed E-state index contributed by atoms with van der Waals surface area (Å²) in [7, 11) is 0. The number of benzene rings is 4. The van der Waals surface area contributed by atoms with Crippen LogP contribution in [0.5, 0.6) is 5.75 Å². The Balaban J connectivity index is 1.23. The molecule has 6 rings (SSSR count). The zero-order valence-corrected chi connectivity index (χ0v) is 29.7. The number of aromatic nitrogens is 1. The van der Waals surface area contributed by atoms with Crippen LogP contribution in [0.4, 0.5) is 4.79 Å². The van der Waals surface area contributed by atoms with Crippen molar-refractivity contribution in [2.24, 2.45) is 5.73 Å². The SMILES string of the molecule is NC(=O)CCc1ccccc1C(=O)[C@H](Cc1c[nH]c2ccccc12)NC(=O)[C@@H]1CCCN1C(=O)[C@H](Cc1ccc(O)cc1)NC(=O)OCc1ccccc1. The van der Waals surface area contributed by atoms with Gasteiger partial charge in [-0.15, -0.1) is 0 Å². The Morgan fingerprint density at radius 1 is 0.815 bits per heavy atom. The summed E-state index contributed by atoms with van der Waals surface area (Å²) in [5.41, 5.74) is 9.59. The van der Waals surface area contributed by atoms with Crippen LogP contribution < -0.4 is 16.4 Å². The van der Waals surface area contributed by atoms with Gasteiger partial charge in [0, 0.05) is 48.5 Å². The zero-order chi connectivity index (χ0) is 38.0. The average molecular weight is 730 g/mol. The fourth-order valence-electron chi connectivity index (χ4n) is 6.90. The van der Waals surface area contributed by atoms with Gasteiger partial charge in [-0.2, -0.15) is 0 Å². The molecule has 1 aliphatic heterocycles. The van der Waals surface area contributed by atoms with Crippen molar-refractivity contribution < 1.29 is 33.8 Å². The summed E-state index contributed by atoms with van der Waals surface area (Å²) in [5.74, 6) is -1.75. The second kappa shape index (κ2) is 17.4. The number of phenolic OH excluding ortho intramolecular Hbond substituents is 1. The number of ether oxygens (including phenoxy) is 1. The maximum atomic E-state index is 14.4. The zero-order valence-electron chi connectivity index (χ0n) is 29.7. The van der Waals surface area contributed by atoms with Crippen LogP contribution in [0, 0.1) is 0 Å².